The van der Waals surface area contributed by atoms with E-state index in [0.717, 1.165) is 17.3 Å². The van der Waals surface area contributed by atoms with Crippen LogP contribution in [0.25, 0.3) is 0 Å². The molecule has 1 aliphatic heterocycles. The molecule has 0 unspecified atom stereocenters. The van der Waals surface area contributed by atoms with E-state index in [0.29, 0.717) is 49.4 Å². The Morgan fingerprint density at radius 1 is 1.03 bits per heavy atom. The third-order valence-electron chi connectivity index (χ3n) is 5.28. The molecule has 1 aromatic heterocycles. The first-order chi connectivity index (χ1) is 15.7. The number of hydroxylamine groups is 1. The number of methoxy groups -OCH3 is 1. The van der Waals surface area contributed by atoms with Crippen LogP contribution < -0.4 is 15.1 Å². The number of benzene rings is 1. The van der Waals surface area contributed by atoms with Crippen molar-refractivity contribution in [3.63, 3.8) is 0 Å². The summed E-state index contributed by atoms with van der Waals surface area (Å²) in [5.74, 6) is 0.835. The quantitative estimate of drug-likeness (QED) is 0.295. The van der Waals surface area contributed by atoms with Crippen LogP contribution >= 0.6 is 0 Å². The Morgan fingerprint density at radius 3 is 2.15 bits per heavy atom. The number of ether oxygens (including phenoxy) is 1. The van der Waals surface area contributed by atoms with Crippen molar-refractivity contribution in [1.29, 1.82) is 0 Å². The summed E-state index contributed by atoms with van der Waals surface area (Å²) in [5.41, 5.74) is 4.91. The van der Waals surface area contributed by atoms with Gasteiger partial charge in [-0.15, -0.1) is 0 Å². The van der Waals surface area contributed by atoms with Crippen LogP contribution in [0.1, 0.15) is 11.3 Å². The fourth-order valence-electron chi connectivity index (χ4n) is 3.41. The Kier molecular flexibility index (Phi) is 7.23. The van der Waals surface area contributed by atoms with Gasteiger partial charge in [0.1, 0.15) is 5.69 Å². The Balaban J connectivity index is 1.83. The number of hydrogen-bond acceptors (Lipinski definition) is 9. The maximum Gasteiger partial charge on any atom is 0.278 e. The van der Waals surface area contributed by atoms with Crippen molar-refractivity contribution in [2.24, 2.45) is 4.99 Å². The summed E-state index contributed by atoms with van der Waals surface area (Å²) < 4.78 is 5.36. The Morgan fingerprint density at radius 2 is 1.64 bits per heavy atom. The first kappa shape index (κ1) is 23.7. The molecule has 33 heavy (non-hydrogen) atoms. The SMILES string of the molecule is CONC(=Nc1cc(C)c(C)nc1OC)N1CCN(c2cc([N+](=O)[O-])cc([N+](=O)[O-])c2)CC1. The van der Waals surface area contributed by atoms with Crippen LogP contribution in [0, 0.1) is 34.1 Å². The highest BCUT2D eigenvalue weighted by molar-refractivity contribution is 5.83. The molecule has 1 aliphatic rings. The Bertz CT molecular complexity index is 1050. The van der Waals surface area contributed by atoms with E-state index in [1.807, 2.05) is 29.7 Å². The number of piperazine rings is 1. The molecule has 0 saturated carbocycles. The zero-order valence-corrected chi connectivity index (χ0v) is 18.8. The third-order valence-corrected chi connectivity index (χ3v) is 5.28. The molecular formula is C20H25N7O6. The van der Waals surface area contributed by atoms with Gasteiger partial charge in [-0.05, 0) is 25.5 Å². The largest absolute Gasteiger partial charge is 0.479 e. The number of non-ortho nitro benzene ring substituents is 2. The molecule has 1 fully saturated rings. The van der Waals surface area contributed by atoms with Gasteiger partial charge >= 0.3 is 0 Å². The van der Waals surface area contributed by atoms with Gasteiger partial charge in [0.2, 0.25) is 11.8 Å². The maximum atomic E-state index is 11.2. The molecule has 1 aromatic carbocycles. The van der Waals surface area contributed by atoms with Crippen LogP contribution in [0.5, 0.6) is 5.88 Å². The van der Waals surface area contributed by atoms with E-state index in [1.54, 1.807) is 0 Å². The van der Waals surface area contributed by atoms with Crippen LogP contribution in [0.4, 0.5) is 22.7 Å². The molecule has 0 bridgehead atoms. The number of aliphatic imine (C=N–C) groups is 1. The number of aryl methyl sites for hydroxylation is 2. The molecule has 0 spiro atoms. The predicted molar refractivity (Wildman–Crippen MR) is 121 cm³/mol. The number of nitrogens with one attached hydrogen (secondary N) is 1. The van der Waals surface area contributed by atoms with Gasteiger partial charge in [0, 0.05) is 44.0 Å². The van der Waals surface area contributed by atoms with Crippen LogP contribution in [-0.4, -0.2) is 66.1 Å². The lowest BCUT2D eigenvalue weighted by Crippen LogP contribution is -2.52. The van der Waals surface area contributed by atoms with Gasteiger partial charge in [-0.25, -0.2) is 15.5 Å². The van der Waals surface area contributed by atoms with Gasteiger partial charge in [0.15, 0.2) is 0 Å². The van der Waals surface area contributed by atoms with Crippen LogP contribution in [-0.2, 0) is 4.84 Å². The van der Waals surface area contributed by atoms with Crippen LogP contribution in [0.3, 0.4) is 0 Å². The normalized spacial score (nSPS) is 14.2. The van der Waals surface area contributed by atoms with Gasteiger partial charge in [-0.1, -0.05) is 0 Å². The number of pyridine rings is 1. The van der Waals surface area contributed by atoms with E-state index < -0.39 is 9.85 Å². The van der Waals surface area contributed by atoms with Crippen LogP contribution in [0.15, 0.2) is 29.3 Å². The minimum absolute atomic E-state index is 0.320. The maximum absolute atomic E-state index is 11.2. The molecule has 13 heteroatoms. The molecule has 0 aliphatic carbocycles. The molecule has 0 amide bonds. The van der Waals surface area contributed by atoms with Gasteiger partial charge in [-0.3, -0.25) is 25.1 Å². The lowest BCUT2D eigenvalue weighted by molar-refractivity contribution is -0.394. The lowest BCUT2D eigenvalue weighted by atomic mass is 10.2. The second-order valence-electron chi connectivity index (χ2n) is 7.36. The highest BCUT2D eigenvalue weighted by atomic mass is 16.6. The molecule has 13 nitrogen and oxygen atoms in total. The number of hydrogen-bond donors (Lipinski definition) is 1. The number of nitrogens with zero attached hydrogens (tertiary/aromatic N) is 6. The molecule has 176 valence electrons. The number of guanidine groups is 1. The van der Waals surface area contributed by atoms with Crippen molar-refractivity contribution in [3.8, 4) is 5.88 Å². The highest BCUT2D eigenvalue weighted by Crippen LogP contribution is 2.30. The first-order valence-electron chi connectivity index (χ1n) is 10.1. The van der Waals surface area contributed by atoms with Gasteiger partial charge in [-0.2, -0.15) is 0 Å². The second kappa shape index (κ2) is 10.1. The summed E-state index contributed by atoms with van der Waals surface area (Å²) in [6, 6.07) is 5.52. The number of nitro groups is 2. The lowest BCUT2D eigenvalue weighted by Gasteiger charge is -2.37. The number of nitro benzene ring substituents is 2. The minimum Gasteiger partial charge on any atom is -0.479 e. The topological polar surface area (TPSA) is 149 Å². The number of anilines is 1. The van der Waals surface area contributed by atoms with Crippen molar-refractivity contribution in [1.82, 2.24) is 15.4 Å². The summed E-state index contributed by atoms with van der Waals surface area (Å²) in [5, 5.41) is 22.4. The predicted octanol–water partition coefficient (Wildman–Crippen LogP) is 2.48. The zero-order chi connectivity index (χ0) is 24.1. The minimum atomic E-state index is -0.634. The fourth-order valence-corrected chi connectivity index (χ4v) is 3.41. The molecule has 1 saturated heterocycles. The number of aromatic nitrogens is 1. The molecule has 2 aromatic rings. The van der Waals surface area contributed by atoms with E-state index in [2.05, 4.69) is 15.5 Å². The number of rotatable bonds is 6. The summed E-state index contributed by atoms with van der Waals surface area (Å²) in [6.07, 6.45) is 0. The summed E-state index contributed by atoms with van der Waals surface area (Å²) in [6.45, 7) is 5.73. The molecular weight excluding hydrogens is 434 g/mol. The van der Waals surface area contributed by atoms with Gasteiger partial charge < -0.3 is 14.5 Å². The van der Waals surface area contributed by atoms with Crippen molar-refractivity contribution in [2.75, 3.05) is 45.3 Å². The van der Waals surface area contributed by atoms with Gasteiger partial charge in [0.25, 0.3) is 11.4 Å². The van der Waals surface area contributed by atoms with E-state index >= 15 is 0 Å². The summed E-state index contributed by atoms with van der Waals surface area (Å²) >= 11 is 0. The van der Waals surface area contributed by atoms with E-state index in [9.17, 15) is 20.2 Å². The first-order valence-corrected chi connectivity index (χ1v) is 10.1. The van der Waals surface area contributed by atoms with E-state index in [1.165, 1.54) is 26.4 Å². The average molecular weight is 459 g/mol. The molecule has 1 N–H and O–H groups in total. The fraction of sp³-hybridized carbons (Fsp3) is 0.400. The molecule has 0 radical (unpaired) electrons. The van der Waals surface area contributed by atoms with Crippen molar-refractivity contribution < 1.29 is 19.4 Å². The highest BCUT2D eigenvalue weighted by Gasteiger charge is 2.24. The average Bonchev–Trinajstić information content (AvgIpc) is 2.80. The Hall–Kier alpha value is -4.00. The van der Waals surface area contributed by atoms with E-state index in [4.69, 9.17) is 9.57 Å². The monoisotopic (exact) mass is 459 g/mol. The Labute approximate surface area is 189 Å². The van der Waals surface area contributed by atoms with Gasteiger partial charge in [0.05, 0.1) is 35.8 Å². The third kappa shape index (κ3) is 5.44. The second-order valence-corrected chi connectivity index (χ2v) is 7.36. The molecule has 3 rings (SSSR count). The standard InChI is InChI=1S/C20H25N7O6/c1-13-9-18(19(32-3)21-14(13)2)22-20(23-33-4)25-7-5-24(6-8-25)15-10-16(26(28)29)12-17(11-15)27(30)31/h9-12H,5-8H2,1-4H3,(H,22,23). The zero-order valence-electron chi connectivity index (χ0n) is 18.8. The van der Waals surface area contributed by atoms with Crippen molar-refractivity contribution in [2.45, 2.75) is 13.8 Å². The van der Waals surface area contributed by atoms with Crippen molar-refractivity contribution >= 4 is 28.7 Å². The summed E-state index contributed by atoms with van der Waals surface area (Å²) in [4.78, 5) is 39.1. The van der Waals surface area contributed by atoms with Crippen molar-refractivity contribution in [3.05, 3.63) is 55.8 Å². The molecule has 0 atom stereocenters. The molecule has 2 heterocycles. The van der Waals surface area contributed by atoms with Crippen LogP contribution in [0.2, 0.25) is 0 Å². The van der Waals surface area contributed by atoms with E-state index in [-0.39, 0.29) is 11.4 Å². The summed E-state index contributed by atoms with van der Waals surface area (Å²) in [7, 11) is 3.00. The smallest absolute Gasteiger partial charge is 0.278 e.